The topological polar surface area (TPSA) is 54.5 Å². The van der Waals surface area contributed by atoms with E-state index >= 15 is 0 Å². The maximum absolute atomic E-state index is 11.0. The van der Waals surface area contributed by atoms with Crippen molar-refractivity contribution in [1.82, 2.24) is 4.90 Å². The number of imide groups is 1. The summed E-state index contributed by atoms with van der Waals surface area (Å²) in [7, 11) is 5.00. The highest BCUT2D eigenvalue weighted by Crippen LogP contribution is 2.07. The average Bonchev–Trinajstić information content (AvgIpc) is 2.35. The van der Waals surface area contributed by atoms with E-state index in [4.69, 9.17) is 7.85 Å². The zero-order valence-electron chi connectivity index (χ0n) is 7.19. The molecule has 1 atom stereocenters. The van der Waals surface area contributed by atoms with Crippen molar-refractivity contribution in [1.29, 1.82) is 0 Å². The van der Waals surface area contributed by atoms with Gasteiger partial charge < -0.3 is 4.79 Å². The standard InChI is InChI=1S/C8H8BNO3/c1-5(8(9)13)4-10-6(11)2-3-7(10)12/h2-3,5H,4H2,1H3. The third kappa shape index (κ3) is 2.05. The lowest BCUT2D eigenvalue weighted by molar-refractivity contribution is -0.137. The van der Waals surface area contributed by atoms with Crippen molar-refractivity contribution in [3.8, 4) is 0 Å². The van der Waals surface area contributed by atoms with E-state index in [1.165, 1.54) is 12.2 Å². The Morgan fingerprint density at radius 3 is 2.31 bits per heavy atom. The van der Waals surface area contributed by atoms with Gasteiger partial charge in [0.1, 0.15) is 0 Å². The second kappa shape index (κ2) is 3.55. The molecule has 0 N–H and O–H groups in total. The van der Waals surface area contributed by atoms with Crippen LogP contribution in [0.3, 0.4) is 0 Å². The lowest BCUT2D eigenvalue weighted by atomic mass is 9.90. The molecule has 0 spiro atoms. The zero-order chi connectivity index (χ0) is 10.0. The summed E-state index contributed by atoms with van der Waals surface area (Å²) in [4.78, 5) is 33.7. The average molecular weight is 177 g/mol. The van der Waals surface area contributed by atoms with Gasteiger partial charge in [0.2, 0.25) is 0 Å². The number of carbonyl (C=O) groups is 3. The minimum Gasteiger partial charge on any atom is -0.312 e. The van der Waals surface area contributed by atoms with E-state index < -0.39 is 23.4 Å². The summed E-state index contributed by atoms with van der Waals surface area (Å²) < 4.78 is 0. The number of hydrogen-bond donors (Lipinski definition) is 0. The van der Waals surface area contributed by atoms with Crippen LogP contribution in [0.2, 0.25) is 0 Å². The molecule has 0 aromatic carbocycles. The van der Waals surface area contributed by atoms with Crippen molar-refractivity contribution < 1.29 is 14.4 Å². The summed E-state index contributed by atoms with van der Waals surface area (Å²) in [5.74, 6) is -1.29. The molecule has 1 unspecified atom stereocenters. The molecule has 5 heteroatoms. The number of rotatable bonds is 3. The third-order valence-electron chi connectivity index (χ3n) is 1.84. The molecule has 0 aromatic rings. The van der Waals surface area contributed by atoms with E-state index in [2.05, 4.69) is 0 Å². The van der Waals surface area contributed by atoms with Gasteiger partial charge in [0.05, 0.1) is 5.68 Å². The van der Waals surface area contributed by atoms with Gasteiger partial charge in [-0.2, -0.15) is 0 Å². The maximum atomic E-state index is 11.0. The highest BCUT2D eigenvalue weighted by atomic mass is 16.2. The van der Waals surface area contributed by atoms with Crippen molar-refractivity contribution >= 4 is 25.3 Å². The molecular weight excluding hydrogens is 169 g/mol. The van der Waals surface area contributed by atoms with E-state index in [0.29, 0.717) is 0 Å². The molecule has 2 amide bonds. The smallest absolute Gasteiger partial charge is 0.253 e. The second-order valence-electron chi connectivity index (χ2n) is 2.92. The monoisotopic (exact) mass is 177 g/mol. The predicted octanol–water partition coefficient (Wildman–Crippen LogP) is -0.757. The van der Waals surface area contributed by atoms with Crippen LogP contribution in [0, 0.1) is 5.92 Å². The predicted molar refractivity (Wildman–Crippen MR) is 45.8 cm³/mol. The molecule has 13 heavy (non-hydrogen) atoms. The van der Waals surface area contributed by atoms with Crippen molar-refractivity contribution in [2.75, 3.05) is 6.54 Å². The minimum absolute atomic E-state index is 0.0556. The summed E-state index contributed by atoms with van der Waals surface area (Å²) in [5.41, 5.74) is -0.521. The summed E-state index contributed by atoms with van der Waals surface area (Å²) in [6, 6.07) is 0. The normalized spacial score (nSPS) is 18.1. The van der Waals surface area contributed by atoms with Gasteiger partial charge in [-0.25, -0.2) is 0 Å². The van der Waals surface area contributed by atoms with Crippen LogP contribution in [0.1, 0.15) is 6.92 Å². The molecule has 1 rings (SSSR count). The largest absolute Gasteiger partial charge is 0.312 e. The SMILES string of the molecule is [B]C(=O)C(C)CN1C(=O)C=CC1=O. The molecule has 0 aromatic heterocycles. The number of hydrogen-bond acceptors (Lipinski definition) is 3. The maximum Gasteiger partial charge on any atom is 0.253 e. The first kappa shape index (κ1) is 9.70. The van der Waals surface area contributed by atoms with Crippen LogP contribution < -0.4 is 0 Å². The van der Waals surface area contributed by atoms with E-state index in [1.807, 2.05) is 0 Å². The van der Waals surface area contributed by atoms with Crippen LogP contribution in [0.4, 0.5) is 0 Å². The molecule has 1 aliphatic rings. The van der Waals surface area contributed by atoms with Gasteiger partial charge in [0.15, 0.2) is 7.85 Å². The van der Waals surface area contributed by atoms with Crippen molar-refractivity contribution in [2.24, 2.45) is 5.92 Å². The zero-order valence-corrected chi connectivity index (χ0v) is 7.19. The molecule has 0 bridgehead atoms. The van der Waals surface area contributed by atoms with E-state index in [-0.39, 0.29) is 6.54 Å². The van der Waals surface area contributed by atoms with Gasteiger partial charge in [-0.15, -0.1) is 0 Å². The number of carbonyl (C=O) groups excluding carboxylic acids is 3. The van der Waals surface area contributed by atoms with Gasteiger partial charge in [0.25, 0.3) is 11.8 Å². The first-order valence-corrected chi connectivity index (χ1v) is 3.85. The number of nitrogens with zero attached hydrogens (tertiary/aromatic N) is 1. The fourth-order valence-electron chi connectivity index (χ4n) is 0.975. The molecule has 1 heterocycles. The van der Waals surface area contributed by atoms with Crippen molar-refractivity contribution in [2.45, 2.75) is 6.92 Å². The molecule has 4 nitrogen and oxygen atoms in total. The first-order chi connectivity index (χ1) is 6.02. The molecule has 2 radical (unpaired) electrons. The van der Waals surface area contributed by atoms with Crippen LogP contribution in [-0.2, 0) is 14.4 Å². The quantitative estimate of drug-likeness (QED) is 0.420. The fourth-order valence-corrected chi connectivity index (χ4v) is 0.975. The Hall–Kier alpha value is -1.39. The van der Waals surface area contributed by atoms with Crippen molar-refractivity contribution in [3.05, 3.63) is 12.2 Å². The molecule has 66 valence electrons. The second-order valence-corrected chi connectivity index (χ2v) is 2.92. The van der Waals surface area contributed by atoms with Gasteiger partial charge in [-0.3, -0.25) is 14.5 Å². The van der Waals surface area contributed by atoms with Crippen LogP contribution in [0.25, 0.3) is 0 Å². The van der Waals surface area contributed by atoms with Gasteiger partial charge >= 0.3 is 0 Å². The Morgan fingerprint density at radius 1 is 1.46 bits per heavy atom. The summed E-state index contributed by atoms with van der Waals surface area (Å²) in [6.45, 7) is 1.63. The summed E-state index contributed by atoms with van der Waals surface area (Å²) in [5, 5.41) is 0. The van der Waals surface area contributed by atoms with Gasteiger partial charge in [-0.05, 0) is 0 Å². The minimum atomic E-state index is -0.521. The van der Waals surface area contributed by atoms with Crippen molar-refractivity contribution in [3.63, 3.8) is 0 Å². The number of amides is 2. The van der Waals surface area contributed by atoms with Gasteiger partial charge in [0, 0.05) is 24.6 Å². The fraction of sp³-hybridized carbons (Fsp3) is 0.375. The Balaban J connectivity index is 2.60. The Kier molecular flexibility index (Phi) is 2.65. The lowest BCUT2D eigenvalue weighted by Gasteiger charge is -2.17. The molecule has 0 aliphatic carbocycles. The first-order valence-electron chi connectivity index (χ1n) is 3.85. The molecule has 1 aliphatic heterocycles. The van der Waals surface area contributed by atoms with Crippen LogP contribution in [0.5, 0.6) is 0 Å². The summed E-state index contributed by atoms with van der Waals surface area (Å²) in [6.07, 6.45) is 2.35. The van der Waals surface area contributed by atoms with Crippen LogP contribution in [0.15, 0.2) is 12.2 Å². The molecule has 0 saturated carbocycles. The third-order valence-corrected chi connectivity index (χ3v) is 1.84. The Morgan fingerprint density at radius 2 is 1.92 bits per heavy atom. The highest BCUT2D eigenvalue weighted by Gasteiger charge is 2.25. The molecular formula is C8H8BNO3. The molecule has 0 fully saturated rings. The van der Waals surface area contributed by atoms with Gasteiger partial charge in [-0.1, -0.05) is 6.92 Å². The van der Waals surface area contributed by atoms with Crippen LogP contribution >= 0.6 is 0 Å². The van der Waals surface area contributed by atoms with E-state index in [1.54, 1.807) is 6.92 Å². The summed E-state index contributed by atoms with van der Waals surface area (Å²) >= 11 is 0. The highest BCUT2D eigenvalue weighted by molar-refractivity contribution is 6.58. The lowest BCUT2D eigenvalue weighted by Crippen LogP contribution is -2.36. The Bertz CT molecular complexity index is 280. The molecule has 0 saturated heterocycles. The Labute approximate surface area is 77.0 Å². The van der Waals surface area contributed by atoms with Crippen LogP contribution in [-0.4, -0.2) is 36.8 Å². The van der Waals surface area contributed by atoms with E-state index in [9.17, 15) is 14.4 Å². The van der Waals surface area contributed by atoms with E-state index in [0.717, 1.165) is 4.90 Å².